The monoisotopic (exact) mass is 528 g/mol. The molecule has 1 aromatic carbocycles. The first-order valence-corrected chi connectivity index (χ1v) is 13.2. The Kier molecular flexibility index (Phi) is 6.83. The van der Waals surface area contributed by atoms with Crippen molar-refractivity contribution in [2.75, 3.05) is 6.61 Å². The van der Waals surface area contributed by atoms with Crippen LogP contribution in [0.15, 0.2) is 21.9 Å². The van der Waals surface area contributed by atoms with Gasteiger partial charge in [-0.1, -0.05) is 41.5 Å². The van der Waals surface area contributed by atoms with E-state index >= 15 is 4.39 Å². The fourth-order valence-electron chi connectivity index (χ4n) is 4.24. The number of hydrogen-bond donors (Lipinski definition) is 1. The van der Waals surface area contributed by atoms with Crippen LogP contribution in [0, 0.1) is 11.6 Å². The van der Waals surface area contributed by atoms with E-state index in [0.29, 0.717) is 24.0 Å². The van der Waals surface area contributed by atoms with E-state index in [9.17, 15) is 18.5 Å². The van der Waals surface area contributed by atoms with E-state index in [-0.39, 0.29) is 24.5 Å². The molecule has 0 aliphatic carbocycles. The summed E-state index contributed by atoms with van der Waals surface area (Å²) in [4.78, 5) is 25.1. The topological polar surface area (TPSA) is 109 Å². The molecule has 1 saturated heterocycles. The number of benzene rings is 1. The van der Waals surface area contributed by atoms with Gasteiger partial charge in [0.25, 0.3) is 5.56 Å². The highest BCUT2D eigenvalue weighted by Crippen LogP contribution is 2.58. The molecule has 2 aliphatic heterocycles. The second-order valence-electron chi connectivity index (χ2n) is 11.1. The summed E-state index contributed by atoms with van der Waals surface area (Å²) < 4.78 is 65.7. The van der Waals surface area contributed by atoms with Gasteiger partial charge >= 0.3 is 13.5 Å². The van der Waals surface area contributed by atoms with Crippen LogP contribution in [0.2, 0.25) is 0 Å². The summed E-state index contributed by atoms with van der Waals surface area (Å²) in [5, 5.41) is 0. The number of aromatic nitrogens is 2. The van der Waals surface area contributed by atoms with E-state index in [4.69, 9.17) is 18.3 Å². The third-order valence-electron chi connectivity index (χ3n) is 6.23. The summed E-state index contributed by atoms with van der Waals surface area (Å²) in [6.07, 6.45) is 0.104. The van der Waals surface area contributed by atoms with E-state index in [1.54, 1.807) is 6.07 Å². The van der Waals surface area contributed by atoms with Crippen molar-refractivity contribution in [3.05, 3.63) is 61.4 Å². The predicted molar refractivity (Wildman–Crippen MR) is 127 cm³/mol. The number of phosphoric ester groups is 1. The quantitative estimate of drug-likeness (QED) is 0.567. The summed E-state index contributed by atoms with van der Waals surface area (Å²) >= 11 is 0. The Bertz CT molecular complexity index is 1340. The van der Waals surface area contributed by atoms with Gasteiger partial charge in [0.2, 0.25) is 5.82 Å². The first kappa shape index (κ1) is 26.7. The molecule has 198 valence electrons. The number of rotatable bonds is 4. The first-order valence-electron chi connectivity index (χ1n) is 11.7. The van der Waals surface area contributed by atoms with Gasteiger partial charge in [-0.15, -0.1) is 0 Å². The third-order valence-corrected chi connectivity index (χ3v) is 7.55. The lowest BCUT2D eigenvalue weighted by atomic mass is 9.78. The molecule has 0 radical (unpaired) electrons. The van der Waals surface area contributed by atoms with E-state index < -0.39 is 53.9 Å². The van der Waals surface area contributed by atoms with Crippen molar-refractivity contribution < 1.29 is 31.7 Å². The highest BCUT2D eigenvalue weighted by molar-refractivity contribution is 7.49. The van der Waals surface area contributed by atoms with Gasteiger partial charge in [0.1, 0.15) is 17.8 Å². The van der Waals surface area contributed by atoms with E-state index in [0.717, 1.165) is 10.8 Å². The summed E-state index contributed by atoms with van der Waals surface area (Å²) in [6, 6.07) is 1.75. The summed E-state index contributed by atoms with van der Waals surface area (Å²) in [6.45, 7) is 11.1. The Balaban J connectivity index is 1.52. The smallest absolute Gasteiger partial charge is 0.403 e. The van der Waals surface area contributed by atoms with Crippen LogP contribution in [0.5, 0.6) is 5.75 Å². The largest absolute Gasteiger partial charge is 0.530 e. The highest BCUT2D eigenvalue weighted by Gasteiger charge is 2.41. The lowest BCUT2D eigenvalue weighted by molar-refractivity contribution is -0.0269. The molecule has 12 heteroatoms. The predicted octanol–water partition coefficient (Wildman–Crippen LogP) is 4.82. The molecule has 1 fully saturated rings. The van der Waals surface area contributed by atoms with Gasteiger partial charge in [-0.3, -0.25) is 23.4 Å². The van der Waals surface area contributed by atoms with Crippen molar-refractivity contribution in [1.82, 2.24) is 9.55 Å². The van der Waals surface area contributed by atoms with Crippen LogP contribution < -0.4 is 15.8 Å². The van der Waals surface area contributed by atoms with Crippen LogP contribution in [0.1, 0.15) is 77.3 Å². The maximum atomic E-state index is 15.4. The molecule has 3 heterocycles. The van der Waals surface area contributed by atoms with Crippen LogP contribution in [0.25, 0.3) is 0 Å². The number of hydrogen-bond acceptors (Lipinski definition) is 7. The number of nitrogens with one attached hydrogen (secondary N) is 1. The number of ether oxygens (including phenoxy) is 1. The minimum absolute atomic E-state index is 0.156. The fourth-order valence-corrected chi connectivity index (χ4v) is 5.49. The average molecular weight is 528 g/mol. The Morgan fingerprint density at radius 1 is 1.11 bits per heavy atom. The number of H-pyrrole nitrogens is 1. The second kappa shape index (κ2) is 9.20. The minimum Gasteiger partial charge on any atom is -0.403 e. The second-order valence-corrected chi connectivity index (χ2v) is 12.7. The van der Waals surface area contributed by atoms with Crippen molar-refractivity contribution in [2.45, 2.75) is 84.2 Å². The maximum Gasteiger partial charge on any atom is 0.530 e. The van der Waals surface area contributed by atoms with Crippen LogP contribution in [-0.4, -0.2) is 22.3 Å². The summed E-state index contributed by atoms with van der Waals surface area (Å²) in [7, 11) is -4.11. The van der Waals surface area contributed by atoms with Crippen LogP contribution in [0.4, 0.5) is 8.78 Å². The highest BCUT2D eigenvalue weighted by atomic mass is 31.2. The molecule has 0 saturated carbocycles. The van der Waals surface area contributed by atoms with Gasteiger partial charge in [0, 0.05) is 5.56 Å². The van der Waals surface area contributed by atoms with Gasteiger partial charge in [-0.25, -0.2) is 13.8 Å². The van der Waals surface area contributed by atoms with Crippen molar-refractivity contribution in [2.24, 2.45) is 0 Å². The number of aromatic amines is 1. The number of halogens is 2. The molecule has 3 unspecified atom stereocenters. The Morgan fingerprint density at radius 2 is 1.78 bits per heavy atom. The third kappa shape index (κ3) is 5.20. The van der Waals surface area contributed by atoms with Gasteiger partial charge < -0.3 is 9.26 Å². The Morgan fingerprint density at radius 3 is 2.42 bits per heavy atom. The van der Waals surface area contributed by atoms with Gasteiger partial charge in [-0.2, -0.15) is 4.39 Å². The molecule has 0 amide bonds. The molecule has 2 aliphatic rings. The summed E-state index contributed by atoms with van der Waals surface area (Å²) in [5.41, 5.74) is -1.44. The van der Waals surface area contributed by atoms with Crippen LogP contribution >= 0.6 is 7.82 Å². The lowest BCUT2D eigenvalue weighted by Gasteiger charge is -2.33. The zero-order valence-corrected chi connectivity index (χ0v) is 22.0. The minimum atomic E-state index is -4.11. The SMILES string of the molecule is CC(C)(C)c1cc(C(C)(C)C)c2c(c1F)COP(=O)(OCC1CCC(n3cc(F)c(=O)[nH]c3=O)O1)O2. The number of fused-ring (bicyclic) bond motifs is 1. The Hall–Kier alpha value is -2.33. The van der Waals surface area contributed by atoms with Crippen molar-refractivity contribution in [1.29, 1.82) is 0 Å². The maximum absolute atomic E-state index is 15.4. The molecule has 2 aromatic rings. The lowest BCUT2D eigenvalue weighted by Crippen LogP contribution is -2.34. The van der Waals surface area contributed by atoms with Crippen molar-refractivity contribution in [3.8, 4) is 5.75 Å². The molecular formula is C24H31F2N2O7P. The average Bonchev–Trinajstić information content (AvgIpc) is 3.22. The molecular weight excluding hydrogens is 497 g/mol. The van der Waals surface area contributed by atoms with Gasteiger partial charge in [0.15, 0.2) is 0 Å². The van der Waals surface area contributed by atoms with Crippen molar-refractivity contribution >= 4 is 7.82 Å². The molecule has 3 atom stereocenters. The number of phosphoric acid groups is 1. The molecule has 0 spiro atoms. The molecule has 1 N–H and O–H groups in total. The van der Waals surface area contributed by atoms with Gasteiger partial charge in [-0.05, 0) is 35.3 Å². The van der Waals surface area contributed by atoms with E-state index in [1.165, 1.54) is 0 Å². The van der Waals surface area contributed by atoms with Crippen LogP contribution in [-0.2, 0) is 35.8 Å². The zero-order chi connectivity index (χ0) is 26.6. The van der Waals surface area contributed by atoms with Crippen molar-refractivity contribution in [3.63, 3.8) is 0 Å². The summed E-state index contributed by atoms with van der Waals surface area (Å²) in [5.74, 6) is -1.41. The fraction of sp³-hybridized carbons (Fsp3) is 0.583. The standard InChI is InChI=1S/C24H31F2N2O7P/c1-23(2,3)15-9-16(24(4,5)6)20-14(19(15)26)12-33-36(31,35-20)32-11-13-7-8-18(34-13)28-10-17(25)21(29)27-22(28)30/h9-10,13,18H,7-8,11-12H2,1-6H3,(H,27,29,30). The van der Waals surface area contributed by atoms with Crippen LogP contribution in [0.3, 0.4) is 0 Å². The molecule has 36 heavy (non-hydrogen) atoms. The van der Waals surface area contributed by atoms with E-state index in [2.05, 4.69) is 0 Å². The van der Waals surface area contributed by atoms with E-state index in [1.807, 2.05) is 46.5 Å². The molecule has 9 nitrogen and oxygen atoms in total. The van der Waals surface area contributed by atoms with Gasteiger partial charge in [0.05, 0.1) is 31.1 Å². The zero-order valence-electron chi connectivity index (χ0n) is 21.1. The normalized spacial score (nSPS) is 24.4. The molecule has 4 rings (SSSR count). The Labute approximate surface area is 207 Å². The number of nitrogens with zero attached hydrogens (tertiary/aromatic N) is 1. The molecule has 0 bridgehead atoms. The molecule has 1 aromatic heterocycles. The first-order chi connectivity index (χ1) is 16.6.